The van der Waals surface area contributed by atoms with Crippen LogP contribution in [-0.2, 0) is 0 Å². The van der Waals surface area contributed by atoms with Gasteiger partial charge in [0.15, 0.2) is 11.6 Å². The first kappa shape index (κ1) is 15.9. The average molecular weight is 366 g/mol. The summed E-state index contributed by atoms with van der Waals surface area (Å²) in [5.41, 5.74) is 2.93. The predicted molar refractivity (Wildman–Crippen MR) is 92.0 cm³/mol. The summed E-state index contributed by atoms with van der Waals surface area (Å²) < 4.78 is 16.8. The molecule has 1 unspecified atom stereocenters. The molecule has 1 aliphatic carbocycles. The van der Waals surface area contributed by atoms with Gasteiger partial charge in [-0.1, -0.05) is 5.21 Å². The Labute approximate surface area is 152 Å². The minimum atomic E-state index is -1.05. The quantitative estimate of drug-likeness (QED) is 0.574. The van der Waals surface area contributed by atoms with E-state index in [9.17, 15) is 14.6 Å². The van der Waals surface area contributed by atoms with Gasteiger partial charge in [-0.2, -0.15) is 0 Å². The summed E-state index contributed by atoms with van der Waals surface area (Å²) >= 11 is 0. The van der Waals surface area contributed by atoms with Crippen molar-refractivity contribution in [1.29, 1.82) is 0 Å². The summed E-state index contributed by atoms with van der Waals surface area (Å²) in [6.45, 7) is 0. The fraction of sp³-hybridized carbons (Fsp3) is 0.222. The zero-order valence-corrected chi connectivity index (χ0v) is 14.1. The lowest BCUT2D eigenvalue weighted by molar-refractivity contribution is 0.206. The third kappa shape index (κ3) is 2.63. The number of rotatable bonds is 4. The second-order valence-electron chi connectivity index (χ2n) is 6.62. The zero-order valence-electron chi connectivity index (χ0n) is 14.1. The van der Waals surface area contributed by atoms with E-state index in [0.29, 0.717) is 23.0 Å². The van der Waals surface area contributed by atoms with Gasteiger partial charge in [-0.15, -0.1) is 5.10 Å². The van der Waals surface area contributed by atoms with Crippen LogP contribution >= 0.6 is 0 Å². The molecule has 0 aliphatic heterocycles. The van der Waals surface area contributed by atoms with Gasteiger partial charge in [0.05, 0.1) is 47.5 Å². The van der Waals surface area contributed by atoms with E-state index in [1.54, 1.807) is 18.7 Å². The number of aromatic nitrogens is 6. The van der Waals surface area contributed by atoms with E-state index in [-0.39, 0.29) is 0 Å². The Hall–Kier alpha value is -3.33. The molecule has 0 radical (unpaired) electrons. The summed E-state index contributed by atoms with van der Waals surface area (Å²) in [5, 5.41) is 28.4. The van der Waals surface area contributed by atoms with Crippen LogP contribution in [0.15, 0.2) is 43.1 Å². The standard InChI is InChI=1S/C18H15FN6O2/c19-13-5-11(3-4-15(13)26)25-8-14(22-23-25)18(27)17-16(10-1-2-10)21-7-12-6-20-9-24(12)17/h3-10,18,26-27H,1-2H2. The maximum Gasteiger partial charge on any atom is 0.166 e. The maximum absolute atomic E-state index is 13.6. The van der Waals surface area contributed by atoms with Crippen LogP contribution in [-0.4, -0.2) is 39.6 Å². The first-order chi connectivity index (χ1) is 13.1. The fourth-order valence-electron chi connectivity index (χ4n) is 3.18. The molecule has 136 valence electrons. The van der Waals surface area contributed by atoms with Gasteiger partial charge in [0.25, 0.3) is 0 Å². The second kappa shape index (κ2) is 5.85. The number of fused-ring (bicyclic) bond motifs is 1. The van der Waals surface area contributed by atoms with E-state index in [1.807, 2.05) is 4.40 Å². The van der Waals surface area contributed by atoms with Crippen LogP contribution in [0.1, 0.15) is 41.9 Å². The van der Waals surface area contributed by atoms with Crippen LogP contribution in [0.3, 0.4) is 0 Å². The van der Waals surface area contributed by atoms with Crippen molar-refractivity contribution in [3.05, 3.63) is 66.0 Å². The van der Waals surface area contributed by atoms with Crippen LogP contribution in [0.25, 0.3) is 11.2 Å². The molecule has 1 atom stereocenters. The first-order valence-corrected chi connectivity index (χ1v) is 8.52. The molecule has 0 spiro atoms. The molecule has 1 aromatic carbocycles. The monoisotopic (exact) mass is 366 g/mol. The molecule has 1 aliphatic rings. The number of aliphatic hydroxyl groups excluding tert-OH is 1. The topological polar surface area (TPSA) is 101 Å². The lowest BCUT2D eigenvalue weighted by Crippen LogP contribution is -2.11. The zero-order chi connectivity index (χ0) is 18.5. The molecule has 0 saturated heterocycles. The number of phenols is 1. The highest BCUT2D eigenvalue weighted by atomic mass is 19.1. The molecule has 27 heavy (non-hydrogen) atoms. The van der Waals surface area contributed by atoms with Gasteiger partial charge in [0, 0.05) is 12.0 Å². The number of hydrogen-bond donors (Lipinski definition) is 2. The van der Waals surface area contributed by atoms with E-state index in [1.165, 1.54) is 23.0 Å². The maximum atomic E-state index is 13.6. The van der Waals surface area contributed by atoms with Crippen molar-refractivity contribution >= 4 is 5.52 Å². The highest BCUT2D eigenvalue weighted by molar-refractivity contribution is 5.47. The largest absolute Gasteiger partial charge is 0.505 e. The van der Waals surface area contributed by atoms with Gasteiger partial charge in [-0.25, -0.2) is 14.1 Å². The highest BCUT2D eigenvalue weighted by Crippen LogP contribution is 2.42. The number of aromatic hydroxyl groups is 1. The highest BCUT2D eigenvalue weighted by Gasteiger charge is 2.32. The molecular formula is C18H15FN6O2. The van der Waals surface area contributed by atoms with Gasteiger partial charge < -0.3 is 10.2 Å². The van der Waals surface area contributed by atoms with Crippen molar-refractivity contribution < 1.29 is 14.6 Å². The van der Waals surface area contributed by atoms with Crippen LogP contribution < -0.4 is 0 Å². The summed E-state index contributed by atoms with van der Waals surface area (Å²) in [4.78, 5) is 8.66. The van der Waals surface area contributed by atoms with Crippen LogP contribution in [0.5, 0.6) is 5.75 Å². The van der Waals surface area contributed by atoms with Crippen molar-refractivity contribution in [2.45, 2.75) is 24.9 Å². The van der Waals surface area contributed by atoms with Crippen LogP contribution in [0.2, 0.25) is 0 Å². The third-order valence-electron chi connectivity index (χ3n) is 4.74. The second-order valence-corrected chi connectivity index (χ2v) is 6.62. The molecule has 5 rings (SSSR count). The number of nitrogens with zero attached hydrogens (tertiary/aromatic N) is 6. The van der Waals surface area contributed by atoms with Crippen LogP contribution in [0.4, 0.5) is 4.39 Å². The van der Waals surface area contributed by atoms with Crippen molar-refractivity contribution in [3.63, 3.8) is 0 Å². The molecule has 1 saturated carbocycles. The van der Waals surface area contributed by atoms with Crippen molar-refractivity contribution in [2.24, 2.45) is 0 Å². The molecular weight excluding hydrogens is 351 g/mol. The Kier molecular flexibility index (Phi) is 3.44. The Morgan fingerprint density at radius 3 is 2.85 bits per heavy atom. The van der Waals surface area contributed by atoms with E-state index in [0.717, 1.165) is 30.1 Å². The summed E-state index contributed by atoms with van der Waals surface area (Å²) in [6, 6.07) is 3.90. The van der Waals surface area contributed by atoms with Gasteiger partial charge in [0.2, 0.25) is 0 Å². The molecule has 8 nitrogen and oxygen atoms in total. The predicted octanol–water partition coefficient (Wildman–Crippen LogP) is 2.11. The van der Waals surface area contributed by atoms with Crippen molar-refractivity contribution in [2.75, 3.05) is 0 Å². The third-order valence-corrected chi connectivity index (χ3v) is 4.74. The average Bonchev–Trinajstić information content (AvgIpc) is 3.19. The van der Waals surface area contributed by atoms with Gasteiger partial charge in [-0.05, 0) is 25.0 Å². The lowest BCUT2D eigenvalue weighted by atomic mass is 10.1. The smallest absolute Gasteiger partial charge is 0.166 e. The number of phenolic OH excluding ortho intramolecular Hbond substituents is 1. The SMILES string of the molecule is Oc1ccc(-n2cc(C(O)c3c(C4CC4)ncc4cncn34)nn2)cc1F. The molecule has 3 heterocycles. The minimum absolute atomic E-state index is 0.313. The first-order valence-electron chi connectivity index (χ1n) is 8.52. The Morgan fingerprint density at radius 2 is 2.07 bits per heavy atom. The molecule has 0 bridgehead atoms. The Balaban J connectivity index is 1.57. The van der Waals surface area contributed by atoms with E-state index >= 15 is 0 Å². The van der Waals surface area contributed by atoms with E-state index in [2.05, 4.69) is 20.3 Å². The minimum Gasteiger partial charge on any atom is -0.505 e. The Bertz CT molecular complexity index is 1150. The van der Waals surface area contributed by atoms with Crippen LogP contribution in [0, 0.1) is 5.82 Å². The summed E-state index contributed by atoms with van der Waals surface area (Å²) in [6.07, 6.45) is 7.60. The van der Waals surface area contributed by atoms with Crippen molar-refractivity contribution in [3.8, 4) is 11.4 Å². The van der Waals surface area contributed by atoms with Crippen molar-refractivity contribution in [1.82, 2.24) is 29.4 Å². The lowest BCUT2D eigenvalue weighted by Gasteiger charge is -2.15. The van der Waals surface area contributed by atoms with Gasteiger partial charge in [-0.3, -0.25) is 9.38 Å². The fourth-order valence-corrected chi connectivity index (χ4v) is 3.18. The van der Waals surface area contributed by atoms with Gasteiger partial charge in [0.1, 0.15) is 11.8 Å². The van der Waals surface area contributed by atoms with E-state index in [4.69, 9.17) is 0 Å². The molecule has 2 N–H and O–H groups in total. The molecule has 3 aromatic heterocycles. The van der Waals surface area contributed by atoms with E-state index < -0.39 is 17.7 Å². The number of hydrogen-bond acceptors (Lipinski definition) is 6. The molecule has 9 heteroatoms. The number of halogens is 1. The molecule has 0 amide bonds. The molecule has 1 fully saturated rings. The van der Waals surface area contributed by atoms with Gasteiger partial charge >= 0.3 is 0 Å². The number of benzene rings is 1. The molecule has 4 aromatic rings. The Morgan fingerprint density at radius 1 is 1.22 bits per heavy atom. The number of aliphatic hydroxyl groups is 1. The summed E-state index contributed by atoms with van der Waals surface area (Å²) in [5.74, 6) is -0.873. The summed E-state index contributed by atoms with van der Waals surface area (Å²) in [7, 11) is 0. The number of imidazole rings is 1. The normalized spacial score (nSPS) is 15.3.